The van der Waals surface area contributed by atoms with Gasteiger partial charge in [0.15, 0.2) is 0 Å². The normalized spacial score (nSPS) is 14.2. The smallest absolute Gasteiger partial charge is 0.289 e. The van der Waals surface area contributed by atoms with E-state index in [4.69, 9.17) is 11.6 Å². The molecule has 0 spiro atoms. The maximum absolute atomic E-state index is 12.4. The molecule has 0 aliphatic carbocycles. The lowest BCUT2D eigenvalue weighted by Crippen LogP contribution is -2.45. The highest BCUT2D eigenvalue weighted by Gasteiger charge is 2.40. The van der Waals surface area contributed by atoms with E-state index in [-0.39, 0.29) is 27.5 Å². The molecule has 1 N–H and O–H groups in total. The molecule has 0 saturated heterocycles. The first-order valence-corrected chi connectivity index (χ1v) is 7.90. The van der Waals surface area contributed by atoms with Gasteiger partial charge in [-0.1, -0.05) is 23.7 Å². The Kier molecular flexibility index (Phi) is 4.43. The van der Waals surface area contributed by atoms with Crippen molar-refractivity contribution >= 4 is 40.7 Å². The Balaban J connectivity index is 1.81. The lowest BCUT2D eigenvalue weighted by Gasteiger charge is -2.21. The fraction of sp³-hybridized carbons (Fsp3) is 0.118. The molecule has 26 heavy (non-hydrogen) atoms. The van der Waals surface area contributed by atoms with E-state index in [2.05, 4.69) is 5.32 Å². The number of rotatable bonds is 4. The Morgan fingerprint density at radius 1 is 1.15 bits per heavy atom. The maximum atomic E-state index is 12.4. The van der Waals surface area contributed by atoms with Crippen molar-refractivity contribution in [2.45, 2.75) is 13.0 Å². The van der Waals surface area contributed by atoms with Crippen molar-refractivity contribution < 1.29 is 19.3 Å². The highest BCUT2D eigenvalue weighted by molar-refractivity contribution is 6.32. The fourth-order valence-corrected chi connectivity index (χ4v) is 2.84. The third-order valence-corrected chi connectivity index (χ3v) is 4.32. The van der Waals surface area contributed by atoms with Crippen LogP contribution in [0.4, 0.5) is 11.4 Å². The summed E-state index contributed by atoms with van der Waals surface area (Å²) >= 11 is 5.73. The number of nitrogens with one attached hydrogen (secondary N) is 1. The van der Waals surface area contributed by atoms with E-state index >= 15 is 0 Å². The summed E-state index contributed by atoms with van der Waals surface area (Å²) in [5.41, 5.74) is 0.242. The van der Waals surface area contributed by atoms with Gasteiger partial charge in [0.2, 0.25) is 5.91 Å². The minimum absolute atomic E-state index is 0.0682. The number of nitro groups is 1. The van der Waals surface area contributed by atoms with Gasteiger partial charge < -0.3 is 5.32 Å². The Hall–Kier alpha value is -3.26. The molecule has 2 aromatic rings. The van der Waals surface area contributed by atoms with E-state index < -0.39 is 28.7 Å². The minimum atomic E-state index is -1.10. The molecule has 0 saturated carbocycles. The van der Waals surface area contributed by atoms with E-state index in [1.807, 2.05) is 0 Å². The zero-order chi connectivity index (χ0) is 19.0. The Morgan fingerprint density at radius 3 is 2.27 bits per heavy atom. The number of carbonyl (C=O) groups excluding carboxylic acids is 3. The largest absolute Gasteiger partial charge is 0.324 e. The molecule has 8 nitrogen and oxygen atoms in total. The standard InChI is InChI=1S/C17H12ClN3O5/c1-9(20-16(23)11-4-2-3-5-12(11)17(20)24)15(22)19-10-6-7-13(18)14(8-10)21(25)26/h2-9H,1H3,(H,19,22). The molecule has 1 unspecified atom stereocenters. The highest BCUT2D eigenvalue weighted by atomic mass is 35.5. The lowest BCUT2D eigenvalue weighted by atomic mass is 10.1. The highest BCUT2D eigenvalue weighted by Crippen LogP contribution is 2.28. The van der Waals surface area contributed by atoms with Crippen LogP contribution in [0.1, 0.15) is 27.6 Å². The molecule has 0 bridgehead atoms. The quantitative estimate of drug-likeness (QED) is 0.503. The predicted octanol–water partition coefficient (Wildman–Crippen LogP) is 2.87. The monoisotopic (exact) mass is 373 g/mol. The molecule has 2 aromatic carbocycles. The van der Waals surface area contributed by atoms with Crippen molar-refractivity contribution in [3.63, 3.8) is 0 Å². The summed E-state index contributed by atoms with van der Waals surface area (Å²) in [6.45, 7) is 1.40. The third kappa shape index (κ3) is 2.91. The van der Waals surface area contributed by atoms with E-state index in [9.17, 15) is 24.5 Å². The molecule has 1 aliphatic rings. The summed E-state index contributed by atoms with van der Waals surface area (Å²) in [6, 6.07) is 8.97. The third-order valence-electron chi connectivity index (χ3n) is 4.00. The number of halogens is 1. The number of anilines is 1. The number of nitro benzene ring substituents is 1. The molecule has 132 valence electrons. The second-order valence-electron chi connectivity index (χ2n) is 5.61. The van der Waals surface area contributed by atoms with Crippen LogP contribution in [-0.4, -0.2) is 33.6 Å². The van der Waals surface area contributed by atoms with Gasteiger partial charge in [-0.05, 0) is 31.2 Å². The van der Waals surface area contributed by atoms with Crippen molar-refractivity contribution in [1.29, 1.82) is 0 Å². The van der Waals surface area contributed by atoms with Gasteiger partial charge in [-0.2, -0.15) is 0 Å². The van der Waals surface area contributed by atoms with Gasteiger partial charge in [0.25, 0.3) is 17.5 Å². The first-order chi connectivity index (χ1) is 12.3. The first-order valence-electron chi connectivity index (χ1n) is 7.53. The van der Waals surface area contributed by atoms with Crippen LogP contribution in [0, 0.1) is 10.1 Å². The molecule has 3 rings (SSSR count). The van der Waals surface area contributed by atoms with Crippen LogP contribution < -0.4 is 5.32 Å². The number of imide groups is 1. The molecule has 0 aromatic heterocycles. The second kappa shape index (κ2) is 6.57. The van der Waals surface area contributed by atoms with Crippen molar-refractivity contribution in [1.82, 2.24) is 4.90 Å². The van der Waals surface area contributed by atoms with Crippen LogP contribution in [-0.2, 0) is 4.79 Å². The summed E-state index contributed by atoms with van der Waals surface area (Å²) in [5.74, 6) is -1.78. The van der Waals surface area contributed by atoms with Gasteiger partial charge in [-0.15, -0.1) is 0 Å². The van der Waals surface area contributed by atoms with Gasteiger partial charge >= 0.3 is 0 Å². The molecule has 1 aliphatic heterocycles. The minimum Gasteiger partial charge on any atom is -0.324 e. The van der Waals surface area contributed by atoms with Crippen LogP contribution in [0.3, 0.4) is 0 Å². The summed E-state index contributed by atoms with van der Waals surface area (Å²) in [7, 11) is 0. The first kappa shape index (κ1) is 17.6. The topological polar surface area (TPSA) is 110 Å². The Morgan fingerprint density at radius 2 is 1.73 bits per heavy atom. The van der Waals surface area contributed by atoms with Gasteiger partial charge in [-0.3, -0.25) is 29.4 Å². The van der Waals surface area contributed by atoms with E-state index in [0.717, 1.165) is 11.0 Å². The van der Waals surface area contributed by atoms with Crippen LogP contribution >= 0.6 is 11.6 Å². The van der Waals surface area contributed by atoms with E-state index in [0.29, 0.717) is 0 Å². The van der Waals surface area contributed by atoms with Gasteiger partial charge in [0, 0.05) is 11.8 Å². The number of nitrogens with zero attached hydrogens (tertiary/aromatic N) is 2. The molecule has 0 radical (unpaired) electrons. The molecule has 9 heteroatoms. The van der Waals surface area contributed by atoms with Gasteiger partial charge in [0.05, 0.1) is 16.1 Å². The number of fused-ring (bicyclic) bond motifs is 1. The van der Waals surface area contributed by atoms with Crippen molar-refractivity contribution in [3.8, 4) is 0 Å². The predicted molar refractivity (Wildman–Crippen MR) is 93.1 cm³/mol. The van der Waals surface area contributed by atoms with Crippen LogP contribution in [0.2, 0.25) is 5.02 Å². The average Bonchev–Trinajstić information content (AvgIpc) is 2.87. The molecule has 0 fully saturated rings. The van der Waals surface area contributed by atoms with E-state index in [1.54, 1.807) is 12.1 Å². The van der Waals surface area contributed by atoms with Crippen LogP contribution in [0.15, 0.2) is 42.5 Å². The number of hydrogen-bond acceptors (Lipinski definition) is 5. The van der Waals surface area contributed by atoms with Crippen molar-refractivity contribution in [3.05, 3.63) is 68.7 Å². The molecule has 3 amide bonds. The number of hydrogen-bond donors (Lipinski definition) is 1. The average molecular weight is 374 g/mol. The lowest BCUT2D eigenvalue weighted by molar-refractivity contribution is -0.384. The molecule has 1 atom stereocenters. The SMILES string of the molecule is CC(C(=O)Nc1ccc(Cl)c([N+](=O)[O-])c1)N1C(=O)c2ccccc2C1=O. The van der Waals surface area contributed by atoms with Gasteiger partial charge in [0.1, 0.15) is 11.1 Å². The molecular formula is C17H12ClN3O5. The van der Waals surface area contributed by atoms with Gasteiger partial charge in [-0.25, -0.2) is 0 Å². The fourth-order valence-electron chi connectivity index (χ4n) is 2.65. The van der Waals surface area contributed by atoms with Crippen LogP contribution in [0.25, 0.3) is 0 Å². The zero-order valence-electron chi connectivity index (χ0n) is 13.4. The Bertz CT molecular complexity index is 924. The molecule has 1 heterocycles. The van der Waals surface area contributed by atoms with E-state index in [1.165, 1.54) is 31.2 Å². The number of benzene rings is 2. The summed E-state index contributed by atoms with van der Waals surface area (Å²) in [6.07, 6.45) is 0. The van der Waals surface area contributed by atoms with Crippen molar-refractivity contribution in [2.24, 2.45) is 0 Å². The zero-order valence-corrected chi connectivity index (χ0v) is 14.2. The summed E-state index contributed by atoms with van der Waals surface area (Å²) < 4.78 is 0. The Labute approximate surface area is 152 Å². The number of amides is 3. The van der Waals surface area contributed by atoms with Crippen molar-refractivity contribution in [2.75, 3.05) is 5.32 Å². The summed E-state index contributed by atoms with van der Waals surface area (Å²) in [4.78, 5) is 48.4. The number of carbonyl (C=O) groups is 3. The molecular weight excluding hydrogens is 362 g/mol. The second-order valence-corrected chi connectivity index (χ2v) is 6.02. The van der Waals surface area contributed by atoms with Crippen LogP contribution in [0.5, 0.6) is 0 Å². The summed E-state index contributed by atoms with van der Waals surface area (Å²) in [5, 5.41) is 13.3. The maximum Gasteiger partial charge on any atom is 0.289 e.